The highest BCUT2D eigenvalue weighted by molar-refractivity contribution is 6.02. The minimum Gasteiger partial charge on any atom is -0.468 e. The summed E-state index contributed by atoms with van der Waals surface area (Å²) in [6.07, 6.45) is 4.46. The van der Waals surface area contributed by atoms with E-state index in [1.165, 1.54) is 7.11 Å². The molecule has 0 radical (unpaired) electrons. The van der Waals surface area contributed by atoms with Crippen LogP contribution in [0.4, 0.5) is 0 Å². The van der Waals surface area contributed by atoms with E-state index in [0.717, 1.165) is 25.7 Å². The summed E-state index contributed by atoms with van der Waals surface area (Å²) in [5.41, 5.74) is 0. The molecule has 5 heteroatoms. The highest BCUT2D eigenvalue weighted by Gasteiger charge is 2.37. The van der Waals surface area contributed by atoms with Gasteiger partial charge in [-0.05, 0) is 19.3 Å². The Bertz CT molecular complexity index is 360. The highest BCUT2D eigenvalue weighted by atomic mass is 16.5. The number of carbonyl (C=O) groups excluding carboxylic acids is 3. The molecule has 18 heavy (non-hydrogen) atoms. The fraction of sp³-hybridized carbons (Fsp3) is 0.769. The Hall–Kier alpha value is -1.39. The lowest BCUT2D eigenvalue weighted by Gasteiger charge is -2.31. The highest BCUT2D eigenvalue weighted by Crippen LogP contribution is 2.28. The number of ether oxygens (including phenoxy) is 1. The maximum absolute atomic E-state index is 12.1. The topological polar surface area (TPSA) is 63.7 Å². The second-order valence-corrected chi connectivity index (χ2v) is 5.07. The van der Waals surface area contributed by atoms with Gasteiger partial charge >= 0.3 is 5.97 Å². The van der Waals surface area contributed by atoms with E-state index in [1.807, 2.05) is 0 Å². The van der Waals surface area contributed by atoms with Gasteiger partial charge in [-0.3, -0.25) is 14.4 Å². The lowest BCUT2D eigenvalue weighted by molar-refractivity contribution is -0.155. The van der Waals surface area contributed by atoms with E-state index in [-0.39, 0.29) is 24.2 Å². The van der Waals surface area contributed by atoms with Gasteiger partial charge in [0, 0.05) is 12.5 Å². The number of Topliss-reactive ketones (excluding diaryl/α,β-unsaturated/α-hetero) is 1. The van der Waals surface area contributed by atoms with Gasteiger partial charge in [-0.15, -0.1) is 0 Å². The molecule has 0 aromatic rings. The molecule has 1 atom stereocenters. The van der Waals surface area contributed by atoms with Crippen molar-refractivity contribution in [3.05, 3.63) is 0 Å². The molecule has 0 bridgehead atoms. The van der Waals surface area contributed by atoms with E-state index in [4.69, 9.17) is 0 Å². The van der Waals surface area contributed by atoms with Crippen molar-refractivity contribution in [3.8, 4) is 0 Å². The molecule has 0 N–H and O–H groups in total. The predicted octanol–water partition coefficient (Wildman–Crippen LogP) is 0.767. The third kappa shape index (κ3) is 2.54. The minimum atomic E-state index is -0.678. The van der Waals surface area contributed by atoms with E-state index in [2.05, 4.69) is 4.74 Å². The zero-order chi connectivity index (χ0) is 13.1. The maximum Gasteiger partial charge on any atom is 0.316 e. The number of piperidine rings is 1. The summed E-state index contributed by atoms with van der Waals surface area (Å²) in [7, 11) is 1.28. The van der Waals surface area contributed by atoms with E-state index in [1.54, 1.807) is 4.90 Å². The van der Waals surface area contributed by atoms with Crippen LogP contribution in [-0.2, 0) is 19.1 Å². The molecule has 1 heterocycles. The van der Waals surface area contributed by atoms with Crippen LogP contribution in [0, 0.1) is 11.8 Å². The molecule has 2 fully saturated rings. The largest absolute Gasteiger partial charge is 0.468 e. The SMILES string of the molecule is COC(=O)C1CCN(C(=O)C2CCCC2)CC1=O. The van der Waals surface area contributed by atoms with Crippen LogP contribution in [0.3, 0.4) is 0 Å². The number of methoxy groups -OCH3 is 1. The maximum atomic E-state index is 12.1. The molecule has 1 amide bonds. The van der Waals surface area contributed by atoms with Gasteiger partial charge in [-0.1, -0.05) is 12.8 Å². The molecule has 0 spiro atoms. The fourth-order valence-corrected chi connectivity index (χ4v) is 2.83. The van der Waals surface area contributed by atoms with Crippen molar-refractivity contribution in [3.63, 3.8) is 0 Å². The first-order valence-electron chi connectivity index (χ1n) is 6.53. The van der Waals surface area contributed by atoms with Crippen LogP contribution in [-0.4, -0.2) is 42.8 Å². The summed E-state index contributed by atoms with van der Waals surface area (Å²) in [5, 5.41) is 0. The van der Waals surface area contributed by atoms with Crippen LogP contribution in [0.5, 0.6) is 0 Å². The summed E-state index contributed by atoms with van der Waals surface area (Å²) in [5.74, 6) is -1.17. The van der Waals surface area contributed by atoms with Gasteiger partial charge in [0.2, 0.25) is 5.91 Å². The van der Waals surface area contributed by atoms with Crippen molar-refractivity contribution in [2.45, 2.75) is 32.1 Å². The van der Waals surface area contributed by atoms with Crippen LogP contribution < -0.4 is 0 Å². The number of rotatable bonds is 2. The van der Waals surface area contributed by atoms with Crippen molar-refractivity contribution in [2.75, 3.05) is 20.2 Å². The molecule has 1 aliphatic carbocycles. The molecule has 1 aliphatic heterocycles. The van der Waals surface area contributed by atoms with Crippen molar-refractivity contribution in [2.24, 2.45) is 11.8 Å². The summed E-state index contributed by atoms with van der Waals surface area (Å²) in [6, 6.07) is 0. The van der Waals surface area contributed by atoms with Crippen LogP contribution in [0.2, 0.25) is 0 Å². The van der Waals surface area contributed by atoms with Gasteiger partial charge in [0.1, 0.15) is 5.92 Å². The Morgan fingerprint density at radius 1 is 1.22 bits per heavy atom. The first-order chi connectivity index (χ1) is 8.63. The van der Waals surface area contributed by atoms with E-state index in [9.17, 15) is 14.4 Å². The van der Waals surface area contributed by atoms with Crippen LogP contribution in [0.15, 0.2) is 0 Å². The Morgan fingerprint density at radius 2 is 1.89 bits per heavy atom. The minimum absolute atomic E-state index is 0.0646. The van der Waals surface area contributed by atoms with Gasteiger partial charge < -0.3 is 9.64 Å². The molecular weight excluding hydrogens is 234 g/mol. The second kappa shape index (κ2) is 5.50. The Morgan fingerprint density at radius 3 is 2.44 bits per heavy atom. The Labute approximate surface area is 106 Å². The van der Waals surface area contributed by atoms with Crippen molar-refractivity contribution in [1.82, 2.24) is 4.90 Å². The van der Waals surface area contributed by atoms with Crippen molar-refractivity contribution >= 4 is 17.7 Å². The van der Waals surface area contributed by atoms with Crippen LogP contribution >= 0.6 is 0 Å². The molecule has 2 rings (SSSR count). The lowest BCUT2D eigenvalue weighted by Crippen LogP contribution is -2.48. The molecular formula is C13H19NO4. The van der Waals surface area contributed by atoms with Crippen LogP contribution in [0.25, 0.3) is 0 Å². The lowest BCUT2D eigenvalue weighted by atomic mass is 9.94. The standard InChI is InChI=1S/C13H19NO4/c1-18-13(17)10-6-7-14(8-11(10)15)12(16)9-4-2-3-5-9/h9-10H,2-8H2,1H3. The molecule has 1 saturated heterocycles. The van der Waals surface area contributed by atoms with Crippen LogP contribution in [0.1, 0.15) is 32.1 Å². The number of likely N-dealkylation sites (tertiary alicyclic amines) is 1. The Kier molecular flexibility index (Phi) is 3.99. The normalized spacial score (nSPS) is 25.3. The third-order valence-electron chi connectivity index (χ3n) is 3.92. The van der Waals surface area contributed by atoms with E-state index < -0.39 is 11.9 Å². The van der Waals surface area contributed by atoms with Gasteiger partial charge in [0.25, 0.3) is 0 Å². The van der Waals surface area contributed by atoms with Crippen molar-refractivity contribution < 1.29 is 19.1 Å². The molecule has 0 aromatic heterocycles. The molecule has 0 aromatic carbocycles. The zero-order valence-corrected chi connectivity index (χ0v) is 10.7. The first kappa shape index (κ1) is 13.1. The average molecular weight is 253 g/mol. The number of esters is 1. The molecule has 1 unspecified atom stereocenters. The third-order valence-corrected chi connectivity index (χ3v) is 3.92. The van der Waals surface area contributed by atoms with Gasteiger partial charge in [-0.25, -0.2) is 0 Å². The summed E-state index contributed by atoms with van der Waals surface area (Å²) in [4.78, 5) is 37.0. The second-order valence-electron chi connectivity index (χ2n) is 5.07. The fourth-order valence-electron chi connectivity index (χ4n) is 2.83. The number of ketones is 1. The molecule has 2 aliphatic rings. The molecule has 1 saturated carbocycles. The van der Waals surface area contributed by atoms with E-state index in [0.29, 0.717) is 13.0 Å². The predicted molar refractivity (Wildman–Crippen MR) is 63.7 cm³/mol. The number of nitrogens with zero attached hydrogens (tertiary/aromatic N) is 1. The first-order valence-corrected chi connectivity index (χ1v) is 6.53. The Balaban J connectivity index is 1.93. The number of carbonyl (C=O) groups is 3. The van der Waals surface area contributed by atoms with Gasteiger partial charge in [0.05, 0.1) is 13.7 Å². The van der Waals surface area contributed by atoms with E-state index >= 15 is 0 Å². The summed E-state index contributed by atoms with van der Waals surface area (Å²) >= 11 is 0. The summed E-state index contributed by atoms with van der Waals surface area (Å²) < 4.78 is 4.59. The quantitative estimate of drug-likeness (QED) is 0.538. The molecule has 5 nitrogen and oxygen atoms in total. The average Bonchev–Trinajstić information content (AvgIpc) is 2.90. The van der Waals surface area contributed by atoms with Crippen molar-refractivity contribution in [1.29, 1.82) is 0 Å². The van der Waals surface area contributed by atoms with Gasteiger partial charge in [0.15, 0.2) is 5.78 Å². The smallest absolute Gasteiger partial charge is 0.316 e. The van der Waals surface area contributed by atoms with Gasteiger partial charge in [-0.2, -0.15) is 0 Å². The number of amides is 1. The molecule has 100 valence electrons. The number of hydrogen-bond acceptors (Lipinski definition) is 4. The summed E-state index contributed by atoms with van der Waals surface area (Å²) in [6.45, 7) is 0.552. The zero-order valence-electron chi connectivity index (χ0n) is 10.7. The number of hydrogen-bond donors (Lipinski definition) is 0. The monoisotopic (exact) mass is 253 g/mol.